The molecule has 2 saturated heterocycles. The molecule has 1 aromatic rings. The fourth-order valence-electron chi connectivity index (χ4n) is 3.99. The molecule has 0 aliphatic carbocycles. The van der Waals surface area contributed by atoms with Crippen LogP contribution < -0.4 is 5.32 Å². The van der Waals surface area contributed by atoms with E-state index in [1.54, 1.807) is 0 Å². The molecule has 2 aliphatic rings. The number of fused-ring (bicyclic) bond motifs is 2. The summed E-state index contributed by atoms with van der Waals surface area (Å²) < 4.78 is 0. The Morgan fingerprint density at radius 2 is 1.71 bits per heavy atom. The summed E-state index contributed by atoms with van der Waals surface area (Å²) in [5.74, 6) is 0. The van der Waals surface area contributed by atoms with E-state index in [-0.39, 0.29) is 6.61 Å². The van der Waals surface area contributed by atoms with Crippen LogP contribution in [-0.2, 0) is 13.2 Å². The van der Waals surface area contributed by atoms with E-state index in [2.05, 4.69) is 29.3 Å². The molecule has 0 spiro atoms. The van der Waals surface area contributed by atoms with Gasteiger partial charge in [-0.05, 0) is 49.8 Å². The lowest BCUT2D eigenvalue weighted by molar-refractivity contribution is 0.134. The Hall–Kier alpha value is -0.900. The average molecular weight is 288 g/mol. The van der Waals surface area contributed by atoms with E-state index in [1.165, 1.54) is 44.2 Å². The molecule has 2 atom stereocenters. The summed E-state index contributed by atoms with van der Waals surface area (Å²) in [7, 11) is 0. The normalized spacial score (nSPS) is 28.2. The third-order valence-corrected chi connectivity index (χ3v) is 5.07. The maximum Gasteiger partial charge on any atom is 0.0681 e. The SMILES string of the molecule is CCCN(Cc1ccc(CO)cc1)C1CC2CCC(C1)N2. The van der Waals surface area contributed by atoms with Gasteiger partial charge in [-0.25, -0.2) is 0 Å². The average Bonchev–Trinajstić information content (AvgIpc) is 2.86. The van der Waals surface area contributed by atoms with Crippen molar-refractivity contribution < 1.29 is 5.11 Å². The monoisotopic (exact) mass is 288 g/mol. The van der Waals surface area contributed by atoms with Gasteiger partial charge in [0.25, 0.3) is 0 Å². The lowest BCUT2D eigenvalue weighted by Crippen LogP contribution is -2.48. The van der Waals surface area contributed by atoms with Gasteiger partial charge < -0.3 is 10.4 Å². The molecule has 3 rings (SSSR count). The zero-order valence-corrected chi connectivity index (χ0v) is 13.1. The van der Waals surface area contributed by atoms with Crippen LogP contribution in [0.15, 0.2) is 24.3 Å². The van der Waals surface area contributed by atoms with Crippen LogP contribution in [0.5, 0.6) is 0 Å². The topological polar surface area (TPSA) is 35.5 Å². The summed E-state index contributed by atoms with van der Waals surface area (Å²) in [4.78, 5) is 2.68. The number of rotatable bonds is 6. The maximum atomic E-state index is 9.15. The van der Waals surface area contributed by atoms with Crippen molar-refractivity contribution in [2.24, 2.45) is 0 Å². The Labute approximate surface area is 128 Å². The van der Waals surface area contributed by atoms with Crippen molar-refractivity contribution in [2.45, 2.75) is 70.3 Å². The van der Waals surface area contributed by atoms with Crippen LogP contribution in [0.25, 0.3) is 0 Å². The molecule has 1 aromatic carbocycles. The molecule has 0 radical (unpaired) electrons. The Bertz CT molecular complexity index is 433. The van der Waals surface area contributed by atoms with Gasteiger partial charge in [0.15, 0.2) is 0 Å². The fraction of sp³-hybridized carbons (Fsp3) is 0.667. The number of piperidine rings is 1. The fourth-order valence-corrected chi connectivity index (χ4v) is 3.99. The summed E-state index contributed by atoms with van der Waals surface area (Å²) in [5.41, 5.74) is 2.37. The van der Waals surface area contributed by atoms with Crippen molar-refractivity contribution in [2.75, 3.05) is 6.54 Å². The van der Waals surface area contributed by atoms with Gasteiger partial charge in [-0.15, -0.1) is 0 Å². The van der Waals surface area contributed by atoms with Crippen LogP contribution in [0.2, 0.25) is 0 Å². The number of nitrogens with zero attached hydrogens (tertiary/aromatic N) is 1. The highest BCUT2D eigenvalue weighted by Gasteiger charge is 2.35. The lowest BCUT2D eigenvalue weighted by atomic mass is 9.97. The molecule has 3 nitrogen and oxygen atoms in total. The van der Waals surface area contributed by atoms with E-state index >= 15 is 0 Å². The summed E-state index contributed by atoms with van der Waals surface area (Å²) in [5, 5.41) is 12.9. The van der Waals surface area contributed by atoms with E-state index in [0.717, 1.165) is 30.2 Å². The third-order valence-electron chi connectivity index (χ3n) is 5.07. The predicted molar refractivity (Wildman–Crippen MR) is 86.0 cm³/mol. The van der Waals surface area contributed by atoms with Crippen molar-refractivity contribution in [1.29, 1.82) is 0 Å². The number of aliphatic hydroxyl groups is 1. The molecule has 0 saturated carbocycles. The van der Waals surface area contributed by atoms with Gasteiger partial charge in [0.05, 0.1) is 6.61 Å². The molecule has 2 bridgehead atoms. The zero-order chi connectivity index (χ0) is 14.7. The Morgan fingerprint density at radius 1 is 1.10 bits per heavy atom. The second kappa shape index (κ2) is 6.91. The number of hydrogen-bond acceptors (Lipinski definition) is 3. The van der Waals surface area contributed by atoms with E-state index < -0.39 is 0 Å². The van der Waals surface area contributed by atoms with Gasteiger partial charge in [0.2, 0.25) is 0 Å². The Balaban J connectivity index is 1.65. The molecule has 2 unspecified atom stereocenters. The zero-order valence-electron chi connectivity index (χ0n) is 13.1. The van der Waals surface area contributed by atoms with Crippen molar-refractivity contribution in [3.05, 3.63) is 35.4 Å². The number of aliphatic hydroxyl groups excluding tert-OH is 1. The van der Waals surface area contributed by atoms with E-state index in [1.807, 2.05) is 12.1 Å². The van der Waals surface area contributed by atoms with Gasteiger partial charge >= 0.3 is 0 Å². The highest BCUT2D eigenvalue weighted by molar-refractivity contribution is 5.22. The van der Waals surface area contributed by atoms with Crippen LogP contribution >= 0.6 is 0 Å². The van der Waals surface area contributed by atoms with Gasteiger partial charge in [0, 0.05) is 24.7 Å². The minimum Gasteiger partial charge on any atom is -0.392 e. The van der Waals surface area contributed by atoms with E-state index in [9.17, 15) is 0 Å². The quantitative estimate of drug-likeness (QED) is 0.845. The smallest absolute Gasteiger partial charge is 0.0681 e. The molecular weight excluding hydrogens is 260 g/mol. The standard InChI is InChI=1S/C18H28N2O/c1-2-9-20(12-14-3-5-15(13-21)6-4-14)18-10-16-7-8-17(11-18)19-16/h3-6,16-19,21H,2,7-13H2,1H3. The van der Waals surface area contributed by atoms with Crippen LogP contribution in [0.1, 0.15) is 50.2 Å². The summed E-state index contributed by atoms with van der Waals surface area (Å²) in [6.45, 7) is 4.64. The second-order valence-corrected chi connectivity index (χ2v) is 6.71. The molecule has 3 heteroatoms. The molecule has 21 heavy (non-hydrogen) atoms. The van der Waals surface area contributed by atoms with Gasteiger partial charge in [-0.3, -0.25) is 4.90 Å². The predicted octanol–water partition coefficient (Wildman–Crippen LogP) is 2.67. The Kier molecular flexibility index (Phi) is 4.94. The minimum absolute atomic E-state index is 0.136. The van der Waals surface area contributed by atoms with Crippen molar-refractivity contribution >= 4 is 0 Å². The third kappa shape index (κ3) is 3.65. The first-order valence-corrected chi connectivity index (χ1v) is 8.47. The van der Waals surface area contributed by atoms with Gasteiger partial charge in [-0.2, -0.15) is 0 Å². The summed E-state index contributed by atoms with van der Waals surface area (Å²) in [6, 6.07) is 10.7. The first-order valence-electron chi connectivity index (χ1n) is 8.47. The van der Waals surface area contributed by atoms with Crippen LogP contribution in [0, 0.1) is 0 Å². The maximum absolute atomic E-state index is 9.15. The van der Waals surface area contributed by atoms with Crippen molar-refractivity contribution in [3.8, 4) is 0 Å². The van der Waals surface area contributed by atoms with E-state index in [4.69, 9.17) is 5.11 Å². The molecule has 116 valence electrons. The first kappa shape index (κ1) is 15.0. The van der Waals surface area contributed by atoms with Gasteiger partial charge in [0.1, 0.15) is 0 Å². The highest BCUT2D eigenvalue weighted by atomic mass is 16.3. The van der Waals surface area contributed by atoms with Gasteiger partial charge in [-0.1, -0.05) is 31.2 Å². The van der Waals surface area contributed by atoms with Crippen LogP contribution in [-0.4, -0.2) is 34.7 Å². The number of nitrogens with one attached hydrogen (secondary N) is 1. The first-order chi connectivity index (χ1) is 10.3. The molecule has 2 heterocycles. The molecule has 2 N–H and O–H groups in total. The van der Waals surface area contributed by atoms with Crippen molar-refractivity contribution in [3.63, 3.8) is 0 Å². The van der Waals surface area contributed by atoms with Crippen molar-refractivity contribution in [1.82, 2.24) is 10.2 Å². The molecule has 0 amide bonds. The highest BCUT2D eigenvalue weighted by Crippen LogP contribution is 2.30. The molecular formula is C18H28N2O. The molecule has 0 aromatic heterocycles. The van der Waals surface area contributed by atoms with Crippen LogP contribution in [0.4, 0.5) is 0 Å². The Morgan fingerprint density at radius 3 is 2.29 bits per heavy atom. The molecule has 2 fully saturated rings. The lowest BCUT2D eigenvalue weighted by Gasteiger charge is -2.38. The summed E-state index contributed by atoms with van der Waals surface area (Å²) in [6.07, 6.45) is 6.57. The number of hydrogen-bond donors (Lipinski definition) is 2. The largest absolute Gasteiger partial charge is 0.392 e. The molecule has 2 aliphatic heterocycles. The van der Waals surface area contributed by atoms with Crippen LogP contribution in [0.3, 0.4) is 0 Å². The van der Waals surface area contributed by atoms with E-state index in [0.29, 0.717) is 0 Å². The second-order valence-electron chi connectivity index (χ2n) is 6.71. The summed E-state index contributed by atoms with van der Waals surface area (Å²) >= 11 is 0. The number of benzene rings is 1. The minimum atomic E-state index is 0.136.